The lowest BCUT2D eigenvalue weighted by atomic mass is 9.86. The highest BCUT2D eigenvalue weighted by Gasteiger charge is 2.63. The van der Waals surface area contributed by atoms with Crippen molar-refractivity contribution >= 4 is 11.9 Å². The number of carbonyl (C=O) groups is 2. The van der Waals surface area contributed by atoms with Crippen LogP contribution in [0.15, 0.2) is 109 Å². The molecule has 16 nitrogen and oxygen atoms in total. The van der Waals surface area contributed by atoms with Gasteiger partial charge in [-0.05, 0) is 30.9 Å². The van der Waals surface area contributed by atoms with Crippen LogP contribution < -0.4 is 0 Å². The van der Waals surface area contributed by atoms with Crippen LogP contribution in [0.5, 0.6) is 11.5 Å². The number of allylic oxidation sites excluding steroid dienone is 12. The normalized spacial score (nSPS) is 30.1. The summed E-state index contributed by atoms with van der Waals surface area (Å²) >= 11 is 0. The molecule has 334 valence electrons. The summed E-state index contributed by atoms with van der Waals surface area (Å²) in [5.74, 6) is -4.96. The van der Waals surface area contributed by atoms with E-state index in [-0.39, 0.29) is 29.9 Å². The van der Waals surface area contributed by atoms with E-state index in [1.165, 1.54) is 24.3 Å². The average molecular weight is 855 g/mol. The topological polar surface area (TPSA) is 251 Å². The molecular weight excluding hydrogens is 796 g/mol. The summed E-state index contributed by atoms with van der Waals surface area (Å²) in [6.07, 6.45) is 13.4. The summed E-state index contributed by atoms with van der Waals surface area (Å²) in [6.45, 7) is 2.37. The highest BCUT2D eigenvalue weighted by Crippen LogP contribution is 2.51. The highest BCUT2D eigenvalue weighted by atomic mass is 16.8. The highest BCUT2D eigenvalue weighted by molar-refractivity contribution is 5.82. The molecule has 16 heteroatoms. The lowest BCUT2D eigenvalue weighted by molar-refractivity contribution is -0.395. The summed E-state index contributed by atoms with van der Waals surface area (Å²) < 4.78 is 34.6. The van der Waals surface area contributed by atoms with Gasteiger partial charge in [0, 0.05) is 18.2 Å². The maximum absolute atomic E-state index is 13.3. The smallest absolute Gasteiger partial charge is 0.331 e. The Morgan fingerprint density at radius 2 is 1.44 bits per heavy atom. The van der Waals surface area contributed by atoms with E-state index in [0.717, 1.165) is 43.9 Å². The summed E-state index contributed by atoms with van der Waals surface area (Å²) in [5.41, 5.74) is 0.104. The van der Waals surface area contributed by atoms with E-state index in [1.54, 1.807) is 36.5 Å². The van der Waals surface area contributed by atoms with Gasteiger partial charge < -0.3 is 69.3 Å². The number of benzene rings is 1. The van der Waals surface area contributed by atoms with E-state index in [1.807, 2.05) is 37.3 Å². The number of hydrogen-bond donors (Lipinski definition) is 8. The summed E-state index contributed by atoms with van der Waals surface area (Å²) in [4.78, 5) is 25.7. The molecule has 11 unspecified atom stereocenters. The molecule has 1 aromatic carbocycles. The van der Waals surface area contributed by atoms with Crippen molar-refractivity contribution in [1.82, 2.24) is 0 Å². The molecular formula is C45H58O16. The molecule has 0 bridgehead atoms. The number of rotatable bonds is 20. The lowest BCUT2D eigenvalue weighted by Gasteiger charge is -2.50. The predicted octanol–water partition coefficient (Wildman–Crippen LogP) is 2.98. The number of aliphatic hydroxyl groups is 6. The molecule has 2 saturated heterocycles. The SMILES string of the molecule is CCC/C=C/C=C/C=C/C(=O)OCC1OC(OC2C(CO)OC3(OCc4cc(O)cc(O)c43)C(O)C2OC(=O)/C=C/C=C/CC(O)/C=C/C=C/C=C/CCC)C(O)C(O)C1O. The predicted molar refractivity (Wildman–Crippen MR) is 220 cm³/mol. The Hall–Kier alpha value is -4.72. The van der Waals surface area contributed by atoms with Crippen molar-refractivity contribution in [2.24, 2.45) is 0 Å². The fourth-order valence-electron chi connectivity index (χ4n) is 6.66. The number of unbranched alkanes of at least 4 members (excludes halogenated alkanes) is 2. The Morgan fingerprint density at radius 3 is 2.13 bits per heavy atom. The van der Waals surface area contributed by atoms with Crippen molar-refractivity contribution < 1.29 is 78.9 Å². The average Bonchev–Trinajstić information content (AvgIpc) is 3.60. The van der Waals surface area contributed by atoms with Crippen LogP contribution >= 0.6 is 0 Å². The van der Waals surface area contributed by atoms with E-state index in [2.05, 4.69) is 6.92 Å². The van der Waals surface area contributed by atoms with E-state index < -0.39 is 97.9 Å². The number of aliphatic hydroxyl groups excluding tert-OH is 6. The van der Waals surface area contributed by atoms with Gasteiger partial charge in [-0.3, -0.25) is 0 Å². The second-order valence-corrected chi connectivity index (χ2v) is 14.4. The number of carbonyl (C=O) groups excluding carboxylic acids is 2. The molecule has 0 aromatic heterocycles. The molecule has 3 aliphatic rings. The number of fused-ring (bicyclic) bond motifs is 2. The van der Waals surface area contributed by atoms with E-state index in [4.69, 9.17) is 28.4 Å². The van der Waals surface area contributed by atoms with Crippen molar-refractivity contribution in [1.29, 1.82) is 0 Å². The van der Waals surface area contributed by atoms with Gasteiger partial charge in [0.2, 0.25) is 5.79 Å². The van der Waals surface area contributed by atoms with Gasteiger partial charge in [-0.15, -0.1) is 0 Å². The largest absolute Gasteiger partial charge is 0.508 e. The molecule has 3 aliphatic heterocycles. The van der Waals surface area contributed by atoms with Crippen molar-refractivity contribution in [2.45, 2.75) is 120 Å². The van der Waals surface area contributed by atoms with Gasteiger partial charge in [-0.1, -0.05) is 112 Å². The third-order valence-corrected chi connectivity index (χ3v) is 9.75. The Kier molecular flexibility index (Phi) is 19.8. The van der Waals surface area contributed by atoms with Crippen LogP contribution in [-0.2, 0) is 50.4 Å². The van der Waals surface area contributed by atoms with E-state index in [9.17, 15) is 50.4 Å². The van der Waals surface area contributed by atoms with Crippen LogP contribution in [0.4, 0.5) is 0 Å². The molecule has 1 aromatic rings. The minimum atomic E-state index is -2.27. The van der Waals surface area contributed by atoms with Crippen LogP contribution in [0.25, 0.3) is 0 Å². The van der Waals surface area contributed by atoms with E-state index in [0.29, 0.717) is 0 Å². The summed E-state index contributed by atoms with van der Waals surface area (Å²) in [7, 11) is 0. The third kappa shape index (κ3) is 13.6. The van der Waals surface area contributed by atoms with Gasteiger partial charge in [0.05, 0.1) is 24.9 Å². The monoisotopic (exact) mass is 854 g/mol. The quantitative estimate of drug-likeness (QED) is 0.0533. The zero-order valence-corrected chi connectivity index (χ0v) is 34.2. The lowest BCUT2D eigenvalue weighted by Crippen LogP contribution is -2.67. The Labute approximate surface area is 354 Å². The van der Waals surface area contributed by atoms with Crippen LogP contribution in [0, 0.1) is 0 Å². The summed E-state index contributed by atoms with van der Waals surface area (Å²) in [6, 6.07) is 2.25. The van der Waals surface area contributed by atoms with Gasteiger partial charge in [-0.2, -0.15) is 0 Å². The number of esters is 2. The van der Waals surface area contributed by atoms with Crippen LogP contribution in [0.3, 0.4) is 0 Å². The second-order valence-electron chi connectivity index (χ2n) is 14.4. The third-order valence-electron chi connectivity index (χ3n) is 9.75. The van der Waals surface area contributed by atoms with Crippen molar-refractivity contribution in [3.8, 4) is 11.5 Å². The molecule has 1 spiro atoms. The number of phenolic OH excluding ortho intramolecular Hbond substituents is 2. The Bertz CT molecular complexity index is 1810. The first-order valence-corrected chi connectivity index (χ1v) is 20.3. The maximum Gasteiger partial charge on any atom is 0.331 e. The summed E-state index contributed by atoms with van der Waals surface area (Å²) in [5, 5.41) is 86.2. The molecule has 2 fully saturated rings. The first kappa shape index (κ1) is 48.9. The minimum Gasteiger partial charge on any atom is -0.508 e. The van der Waals surface area contributed by atoms with Gasteiger partial charge in [0.1, 0.15) is 54.7 Å². The van der Waals surface area contributed by atoms with Crippen LogP contribution in [0.2, 0.25) is 0 Å². The van der Waals surface area contributed by atoms with E-state index >= 15 is 0 Å². The van der Waals surface area contributed by atoms with Gasteiger partial charge >= 0.3 is 11.9 Å². The molecule has 0 radical (unpaired) electrons. The van der Waals surface area contributed by atoms with Crippen molar-refractivity contribution in [3.05, 3.63) is 120 Å². The molecule has 4 rings (SSSR count). The molecule has 8 N–H and O–H groups in total. The Balaban J connectivity index is 1.52. The zero-order valence-electron chi connectivity index (χ0n) is 34.2. The first-order chi connectivity index (χ1) is 29.4. The number of aromatic hydroxyl groups is 2. The van der Waals surface area contributed by atoms with Crippen LogP contribution in [0.1, 0.15) is 57.1 Å². The number of phenols is 2. The van der Waals surface area contributed by atoms with Gasteiger partial charge in [0.25, 0.3) is 0 Å². The molecule has 61 heavy (non-hydrogen) atoms. The zero-order chi connectivity index (χ0) is 44.4. The molecule has 0 saturated carbocycles. The maximum atomic E-state index is 13.3. The first-order valence-electron chi connectivity index (χ1n) is 20.3. The minimum absolute atomic E-state index is 0.114. The van der Waals surface area contributed by atoms with Gasteiger partial charge in [0.15, 0.2) is 18.5 Å². The standard InChI is InChI=1S/C45H58O16/c1-3-5-7-9-11-13-16-20-30(47)21-17-15-19-23-36(51)59-42-41(33(26-46)61-45(43(42)55)37-29(27-57-45)24-31(48)25-32(37)49)60-44-40(54)39(53)38(52)34(58-44)28-56-35(50)22-18-14-12-10-8-6-4-2/h7-20,22-25,30,33-34,38-44,46-49,52-55H,3-6,21,26-28H2,1-2H3/b9-7+,10-8+,13-11+,14-12+,17-15+,20-16+,22-18+,23-19+. The molecule has 0 amide bonds. The van der Waals surface area contributed by atoms with Gasteiger partial charge in [-0.25, -0.2) is 9.59 Å². The molecule has 11 atom stereocenters. The fourth-order valence-corrected chi connectivity index (χ4v) is 6.66. The second kappa shape index (κ2) is 24.7. The molecule has 3 heterocycles. The number of ether oxygens (including phenoxy) is 6. The molecule has 0 aliphatic carbocycles. The van der Waals surface area contributed by atoms with Crippen molar-refractivity contribution in [2.75, 3.05) is 13.2 Å². The van der Waals surface area contributed by atoms with Crippen LogP contribution in [-0.4, -0.2) is 127 Å². The van der Waals surface area contributed by atoms with Crippen molar-refractivity contribution in [3.63, 3.8) is 0 Å². The number of hydrogen-bond acceptors (Lipinski definition) is 16. The fraction of sp³-hybridized carbons (Fsp3) is 0.467. The Morgan fingerprint density at radius 1 is 0.803 bits per heavy atom.